The van der Waals surface area contributed by atoms with Gasteiger partial charge in [0.2, 0.25) is 0 Å². The Morgan fingerprint density at radius 1 is 1.67 bits per heavy atom. The molecule has 0 aromatic carbocycles. The molecule has 0 saturated carbocycles. The van der Waals surface area contributed by atoms with Crippen LogP contribution in [0.2, 0.25) is 5.32 Å². The van der Waals surface area contributed by atoms with Gasteiger partial charge in [0.15, 0.2) is 0 Å². The van der Waals surface area contributed by atoms with E-state index in [0.717, 1.165) is 15.0 Å². The minimum Gasteiger partial charge on any atom is -1.00 e. The van der Waals surface area contributed by atoms with E-state index in [0.29, 0.717) is 0 Å². The number of rotatable bonds is 0. The minimum absolute atomic E-state index is 0. The third kappa shape index (κ3) is 2.11. The molecule has 0 saturated heterocycles. The van der Waals surface area contributed by atoms with E-state index in [1.165, 1.54) is 11.7 Å². The maximum absolute atomic E-state index is 2.30. The Kier molecular flexibility index (Phi) is 4.60. The van der Waals surface area contributed by atoms with Gasteiger partial charge in [-0.25, -0.2) is 0 Å². The van der Waals surface area contributed by atoms with Crippen LogP contribution in [0, 0.1) is 0 Å². The molecule has 1 aliphatic rings. The van der Waals surface area contributed by atoms with Crippen LogP contribution in [0.4, 0.5) is 0 Å². The van der Waals surface area contributed by atoms with E-state index >= 15 is 0 Å². The molecule has 0 amide bonds. The van der Waals surface area contributed by atoms with Crippen LogP contribution in [0.25, 0.3) is 0 Å². The van der Waals surface area contributed by atoms with Crippen LogP contribution >= 0.6 is 0 Å². The molecule has 2 heteroatoms. The molecule has 0 atom stereocenters. The molecule has 0 aromatic rings. The molecule has 0 aromatic heterocycles. The van der Waals surface area contributed by atoms with Gasteiger partial charge in [0.1, 0.15) is 0 Å². The molecule has 6 heavy (non-hydrogen) atoms. The van der Waals surface area contributed by atoms with Crippen molar-refractivity contribution in [1.29, 1.82) is 0 Å². The first-order valence-electron chi connectivity index (χ1n) is 1.77. The smallest absolute Gasteiger partial charge is 1.00 e. The van der Waals surface area contributed by atoms with Gasteiger partial charge in [-0.2, -0.15) is 0 Å². The van der Waals surface area contributed by atoms with Crippen molar-refractivity contribution >= 4 is 15.0 Å². The Morgan fingerprint density at radius 2 is 2.50 bits per heavy atom. The summed E-state index contributed by atoms with van der Waals surface area (Å²) >= 11 is 0.889. The normalized spacial score (nSPS) is 17.3. The minimum atomic E-state index is 0. The van der Waals surface area contributed by atoms with Crippen LogP contribution in [-0.2, 0) is 0 Å². The maximum atomic E-state index is 2.30. The van der Waals surface area contributed by atoms with Gasteiger partial charge in [0.05, 0.1) is 0 Å². The molecule has 1 heterocycles. The predicted molar refractivity (Wildman–Crippen MR) is 25.4 cm³/mol. The van der Waals surface area contributed by atoms with Crippen molar-refractivity contribution in [3.05, 3.63) is 11.1 Å². The van der Waals surface area contributed by atoms with Crippen molar-refractivity contribution in [2.24, 2.45) is 0 Å². The predicted octanol–water partition coefficient (Wildman–Crippen LogP) is -1.86. The zero-order chi connectivity index (χ0) is 3.54. The van der Waals surface area contributed by atoms with Crippen molar-refractivity contribution in [1.82, 2.24) is 0 Å². The second-order valence-electron chi connectivity index (χ2n) is 1.03. The first-order valence-corrected chi connectivity index (χ1v) is 3.97. The summed E-state index contributed by atoms with van der Waals surface area (Å²) in [5.41, 5.74) is 0. The summed E-state index contributed by atoms with van der Waals surface area (Å²) in [5, 5.41) is 1.45. The summed E-state index contributed by atoms with van der Waals surface area (Å²) in [4.78, 5) is 2.30. The fraction of sp³-hybridized carbons (Fsp3) is 0.500. The molecular weight excluding hydrogens is 134 g/mol. The van der Waals surface area contributed by atoms with Crippen molar-refractivity contribution in [3.63, 3.8) is 0 Å². The Hall–Kier alpha value is 0.857. The fourth-order valence-corrected chi connectivity index (χ4v) is 1.77. The second kappa shape index (κ2) is 4.03. The molecule has 1 rings (SSSR count). The van der Waals surface area contributed by atoms with Gasteiger partial charge in [0.25, 0.3) is 0 Å². The molecule has 0 aliphatic carbocycles. The van der Waals surface area contributed by atoms with E-state index in [9.17, 15) is 0 Å². The number of hydrogen-bond acceptors (Lipinski definition) is 0. The van der Waals surface area contributed by atoms with E-state index in [2.05, 4.69) is 11.1 Å². The Labute approximate surface area is 58.2 Å². The third-order valence-electron chi connectivity index (χ3n) is 0.595. The molecule has 1 aliphatic heterocycles. The monoisotopic (exact) mass is 142 g/mol. The molecular formula is C4H7LiSe. The summed E-state index contributed by atoms with van der Waals surface area (Å²) in [6.07, 6.45) is 3.61. The molecule has 0 fully saturated rings. The maximum Gasteiger partial charge on any atom is 1.00 e. The molecule has 0 unspecified atom stereocenters. The molecule has 30 valence electrons. The average Bonchev–Trinajstić information content (AvgIpc) is 1.76. The van der Waals surface area contributed by atoms with Gasteiger partial charge in [0, 0.05) is 0 Å². The SMILES string of the molecule is C1=C[Se]CC1.[H-].[Li+]. The molecule has 0 bridgehead atoms. The summed E-state index contributed by atoms with van der Waals surface area (Å²) < 4.78 is 0. The van der Waals surface area contributed by atoms with E-state index in [4.69, 9.17) is 0 Å². The van der Waals surface area contributed by atoms with Gasteiger partial charge in [-0.3, -0.25) is 0 Å². The van der Waals surface area contributed by atoms with Crippen LogP contribution in [0.1, 0.15) is 7.85 Å². The van der Waals surface area contributed by atoms with Crippen LogP contribution in [0.5, 0.6) is 0 Å². The largest absolute Gasteiger partial charge is 1.00 e. The molecule has 0 radical (unpaired) electrons. The Morgan fingerprint density at radius 3 is 2.67 bits per heavy atom. The van der Waals surface area contributed by atoms with Gasteiger partial charge in [-0.1, -0.05) is 0 Å². The summed E-state index contributed by atoms with van der Waals surface area (Å²) in [5.74, 6) is 0. The Bertz CT molecular complexity index is 49.7. The Balaban J connectivity index is 0. The fourth-order valence-electron chi connectivity index (χ4n) is 0.340. The van der Waals surface area contributed by atoms with E-state index in [-0.39, 0.29) is 20.3 Å². The molecule has 0 N–H and O–H groups in total. The number of hydrogen-bond donors (Lipinski definition) is 0. The van der Waals surface area contributed by atoms with Crippen molar-refractivity contribution in [3.8, 4) is 0 Å². The molecule has 0 spiro atoms. The summed E-state index contributed by atoms with van der Waals surface area (Å²) in [6, 6.07) is 0. The van der Waals surface area contributed by atoms with Gasteiger partial charge in [-0.05, 0) is 0 Å². The average molecular weight is 141 g/mol. The quantitative estimate of drug-likeness (QED) is 0.347. The van der Waals surface area contributed by atoms with Crippen LogP contribution < -0.4 is 18.9 Å². The zero-order valence-electron chi connectivity index (χ0n) is 4.98. The van der Waals surface area contributed by atoms with Crippen molar-refractivity contribution in [2.45, 2.75) is 11.7 Å². The summed E-state index contributed by atoms with van der Waals surface area (Å²) in [6.45, 7) is 0. The summed E-state index contributed by atoms with van der Waals surface area (Å²) in [7, 11) is 0. The van der Waals surface area contributed by atoms with Crippen molar-refractivity contribution in [2.75, 3.05) is 0 Å². The van der Waals surface area contributed by atoms with Gasteiger partial charge >= 0.3 is 56.6 Å². The van der Waals surface area contributed by atoms with E-state index in [1.807, 2.05) is 0 Å². The van der Waals surface area contributed by atoms with Gasteiger partial charge < -0.3 is 1.43 Å². The standard InChI is InChI=1S/C4H6Se.Li.H/c1-2-4-5-3-1;;/h1,3H,2,4H2;;/q;+1;-1. The van der Waals surface area contributed by atoms with Crippen LogP contribution in [0.15, 0.2) is 11.1 Å². The number of allylic oxidation sites excluding steroid dienone is 1. The third-order valence-corrected chi connectivity index (χ3v) is 2.39. The van der Waals surface area contributed by atoms with E-state index in [1.54, 1.807) is 0 Å². The second-order valence-corrected chi connectivity index (χ2v) is 3.16. The zero-order valence-corrected chi connectivity index (χ0v) is 5.69. The first kappa shape index (κ1) is 6.86. The van der Waals surface area contributed by atoms with E-state index < -0.39 is 0 Å². The topological polar surface area (TPSA) is 0 Å². The molecule has 0 nitrogen and oxygen atoms in total. The van der Waals surface area contributed by atoms with Crippen LogP contribution in [0.3, 0.4) is 0 Å². The van der Waals surface area contributed by atoms with Crippen LogP contribution in [-0.4, -0.2) is 15.0 Å². The van der Waals surface area contributed by atoms with Gasteiger partial charge in [-0.15, -0.1) is 0 Å². The first-order chi connectivity index (χ1) is 2.50. The van der Waals surface area contributed by atoms with Crippen molar-refractivity contribution < 1.29 is 20.3 Å².